The van der Waals surface area contributed by atoms with E-state index in [4.69, 9.17) is 9.40 Å². The molecule has 0 bridgehead atoms. The van der Waals surface area contributed by atoms with Gasteiger partial charge in [0.25, 0.3) is 11.5 Å². The van der Waals surface area contributed by atoms with Gasteiger partial charge in [-0.15, -0.1) is 0 Å². The Labute approximate surface area is 163 Å². The number of hydrogen-bond acceptors (Lipinski definition) is 4. The zero-order chi connectivity index (χ0) is 19.7. The highest BCUT2D eigenvalue weighted by Gasteiger charge is 2.22. The van der Waals surface area contributed by atoms with Crippen molar-refractivity contribution in [3.63, 3.8) is 0 Å². The third kappa shape index (κ3) is 3.35. The van der Waals surface area contributed by atoms with Gasteiger partial charge in [0.1, 0.15) is 11.6 Å². The zero-order valence-electron chi connectivity index (χ0n) is 16.4. The molecule has 1 aromatic carbocycles. The van der Waals surface area contributed by atoms with Crippen molar-refractivity contribution in [2.45, 2.75) is 51.6 Å². The number of amides is 1. The molecule has 0 radical (unpaired) electrons. The maximum Gasteiger partial charge on any atom is 0.261 e. The number of furan rings is 1. The zero-order valence-corrected chi connectivity index (χ0v) is 16.4. The van der Waals surface area contributed by atoms with Gasteiger partial charge in [-0.05, 0) is 50.1 Å². The topological polar surface area (TPSA) is 68.3 Å². The predicted molar refractivity (Wildman–Crippen MR) is 107 cm³/mol. The summed E-state index contributed by atoms with van der Waals surface area (Å²) in [5.74, 6) is 1.44. The Hall–Kier alpha value is -2.89. The van der Waals surface area contributed by atoms with Crippen LogP contribution >= 0.6 is 0 Å². The van der Waals surface area contributed by atoms with Crippen LogP contribution in [0.4, 0.5) is 0 Å². The molecule has 3 heterocycles. The number of aromatic nitrogens is 2. The third-order valence-electron chi connectivity index (χ3n) is 5.67. The van der Waals surface area contributed by atoms with E-state index in [0.717, 1.165) is 43.8 Å². The second kappa shape index (κ2) is 7.62. The Kier molecular flexibility index (Phi) is 5.03. The second-order valence-corrected chi connectivity index (χ2v) is 7.49. The minimum absolute atomic E-state index is 0.00166. The molecular formula is C22H25N3O3. The van der Waals surface area contributed by atoms with Crippen molar-refractivity contribution in [3.8, 4) is 0 Å². The summed E-state index contributed by atoms with van der Waals surface area (Å²) in [6.07, 6.45) is 6.77. The van der Waals surface area contributed by atoms with Crippen LogP contribution in [0.1, 0.15) is 60.6 Å². The molecule has 0 spiro atoms. The summed E-state index contributed by atoms with van der Waals surface area (Å²) in [6, 6.07) is 8.67. The van der Waals surface area contributed by atoms with Crippen molar-refractivity contribution in [3.05, 3.63) is 64.1 Å². The Morgan fingerprint density at radius 1 is 1.21 bits per heavy atom. The van der Waals surface area contributed by atoms with Crippen LogP contribution in [0.5, 0.6) is 0 Å². The van der Waals surface area contributed by atoms with Crippen LogP contribution in [0, 0.1) is 0 Å². The number of fused-ring (bicyclic) bond motifs is 2. The number of nitrogens with zero attached hydrogens (tertiary/aromatic N) is 3. The molecule has 1 aliphatic rings. The van der Waals surface area contributed by atoms with Gasteiger partial charge in [0.15, 0.2) is 0 Å². The summed E-state index contributed by atoms with van der Waals surface area (Å²) in [5.41, 5.74) is 1.12. The van der Waals surface area contributed by atoms with E-state index in [9.17, 15) is 9.59 Å². The van der Waals surface area contributed by atoms with Gasteiger partial charge in [0.05, 0.1) is 23.2 Å². The third-order valence-corrected chi connectivity index (χ3v) is 5.67. The molecule has 6 nitrogen and oxygen atoms in total. The first kappa shape index (κ1) is 18.5. The van der Waals surface area contributed by atoms with E-state index in [2.05, 4.69) is 0 Å². The fourth-order valence-electron chi connectivity index (χ4n) is 3.83. The summed E-state index contributed by atoms with van der Waals surface area (Å²) >= 11 is 0. The van der Waals surface area contributed by atoms with Crippen LogP contribution < -0.4 is 5.56 Å². The molecule has 1 amide bonds. The standard InChI is InChI=1S/C22H25N3O3/c1-15(19-8-7-13-28-19)24(2)21(26)16-10-11-17-18(14-16)23-20-9-5-3-4-6-12-25(20)22(17)27/h7-8,10-11,13-15H,3-6,9,12H2,1-2H3. The van der Waals surface area contributed by atoms with Gasteiger partial charge in [-0.2, -0.15) is 0 Å². The van der Waals surface area contributed by atoms with Crippen LogP contribution in [0.15, 0.2) is 45.8 Å². The van der Waals surface area contributed by atoms with Crippen molar-refractivity contribution in [1.29, 1.82) is 0 Å². The highest BCUT2D eigenvalue weighted by Crippen LogP contribution is 2.22. The summed E-state index contributed by atoms with van der Waals surface area (Å²) in [5, 5.41) is 0.572. The van der Waals surface area contributed by atoms with Crippen LogP contribution in [0.25, 0.3) is 10.9 Å². The van der Waals surface area contributed by atoms with Crippen molar-refractivity contribution in [1.82, 2.24) is 14.5 Å². The molecule has 0 fully saturated rings. The van der Waals surface area contributed by atoms with Gasteiger partial charge in [0.2, 0.25) is 0 Å². The fraction of sp³-hybridized carbons (Fsp3) is 0.409. The molecule has 28 heavy (non-hydrogen) atoms. The molecule has 0 saturated carbocycles. The lowest BCUT2D eigenvalue weighted by Gasteiger charge is -2.23. The molecule has 1 aliphatic heterocycles. The van der Waals surface area contributed by atoms with Gasteiger partial charge >= 0.3 is 0 Å². The van der Waals surface area contributed by atoms with Crippen molar-refractivity contribution in [2.24, 2.45) is 0 Å². The molecule has 2 aromatic heterocycles. The van der Waals surface area contributed by atoms with Gasteiger partial charge in [-0.1, -0.05) is 12.8 Å². The lowest BCUT2D eigenvalue weighted by molar-refractivity contribution is 0.0726. The first-order valence-electron chi connectivity index (χ1n) is 9.90. The monoisotopic (exact) mass is 379 g/mol. The molecular weight excluding hydrogens is 354 g/mol. The number of hydrogen-bond donors (Lipinski definition) is 0. The largest absolute Gasteiger partial charge is 0.467 e. The highest BCUT2D eigenvalue weighted by molar-refractivity contribution is 5.97. The van der Waals surface area contributed by atoms with Gasteiger partial charge in [0, 0.05) is 25.6 Å². The maximum atomic E-state index is 13.0. The average Bonchev–Trinajstić information content (AvgIpc) is 3.22. The Morgan fingerprint density at radius 2 is 2.04 bits per heavy atom. The van der Waals surface area contributed by atoms with Crippen LogP contribution in [-0.2, 0) is 13.0 Å². The molecule has 1 unspecified atom stereocenters. The molecule has 0 N–H and O–H groups in total. The smallest absolute Gasteiger partial charge is 0.261 e. The summed E-state index contributed by atoms with van der Waals surface area (Å²) in [6.45, 7) is 2.65. The SMILES string of the molecule is CC(c1ccco1)N(C)C(=O)c1ccc2c(=O)n3c(nc2c1)CCCCCC3. The first-order valence-corrected chi connectivity index (χ1v) is 9.90. The molecule has 3 aromatic rings. The first-order chi connectivity index (χ1) is 13.6. The fourth-order valence-corrected chi connectivity index (χ4v) is 3.83. The minimum atomic E-state index is -0.187. The van der Waals surface area contributed by atoms with Gasteiger partial charge in [-0.25, -0.2) is 4.98 Å². The molecule has 4 rings (SSSR count). The van der Waals surface area contributed by atoms with E-state index in [1.807, 2.05) is 23.6 Å². The van der Waals surface area contributed by atoms with E-state index in [-0.39, 0.29) is 17.5 Å². The Bertz CT molecular complexity index is 1050. The summed E-state index contributed by atoms with van der Waals surface area (Å²) in [4.78, 5) is 32.3. The average molecular weight is 379 g/mol. The molecule has 0 saturated heterocycles. The quantitative estimate of drug-likeness (QED) is 0.691. The van der Waals surface area contributed by atoms with Crippen LogP contribution in [0.2, 0.25) is 0 Å². The molecule has 146 valence electrons. The number of carbonyl (C=O) groups is 1. The second-order valence-electron chi connectivity index (χ2n) is 7.49. The Morgan fingerprint density at radius 3 is 2.82 bits per heavy atom. The number of benzene rings is 1. The normalized spacial score (nSPS) is 15.5. The van der Waals surface area contributed by atoms with Crippen molar-refractivity contribution >= 4 is 16.8 Å². The molecule has 1 atom stereocenters. The number of rotatable bonds is 3. The van der Waals surface area contributed by atoms with E-state index in [0.29, 0.717) is 16.5 Å². The number of aryl methyl sites for hydroxylation is 1. The summed E-state index contributed by atoms with van der Waals surface area (Å²) in [7, 11) is 1.75. The minimum Gasteiger partial charge on any atom is -0.467 e. The molecule has 0 aliphatic carbocycles. The lowest BCUT2D eigenvalue weighted by Crippen LogP contribution is -2.30. The Balaban J connectivity index is 1.70. The van der Waals surface area contributed by atoms with Gasteiger partial charge in [-0.3, -0.25) is 14.2 Å². The van der Waals surface area contributed by atoms with Crippen LogP contribution in [0.3, 0.4) is 0 Å². The van der Waals surface area contributed by atoms with Crippen LogP contribution in [-0.4, -0.2) is 27.4 Å². The van der Waals surface area contributed by atoms with Crippen molar-refractivity contribution < 1.29 is 9.21 Å². The number of carbonyl (C=O) groups excluding carboxylic acids is 1. The van der Waals surface area contributed by atoms with E-state index < -0.39 is 0 Å². The van der Waals surface area contributed by atoms with Crippen molar-refractivity contribution in [2.75, 3.05) is 7.05 Å². The molecule has 6 heteroatoms. The lowest BCUT2D eigenvalue weighted by atomic mass is 10.1. The van der Waals surface area contributed by atoms with E-state index in [1.165, 1.54) is 6.42 Å². The highest BCUT2D eigenvalue weighted by atomic mass is 16.3. The van der Waals surface area contributed by atoms with E-state index >= 15 is 0 Å². The summed E-state index contributed by atoms with van der Waals surface area (Å²) < 4.78 is 7.24. The van der Waals surface area contributed by atoms with Gasteiger partial charge < -0.3 is 9.32 Å². The van der Waals surface area contributed by atoms with E-state index in [1.54, 1.807) is 36.4 Å². The maximum absolute atomic E-state index is 13.0. The predicted octanol–water partition coefficient (Wildman–Crippen LogP) is 3.94.